The van der Waals surface area contributed by atoms with E-state index < -0.39 is 11.8 Å². The molecule has 1 aromatic carbocycles. The van der Waals surface area contributed by atoms with E-state index in [0.29, 0.717) is 19.0 Å². The molecule has 1 N–H and O–H groups in total. The number of esters is 1. The van der Waals surface area contributed by atoms with Crippen LogP contribution in [0.3, 0.4) is 0 Å². The molecule has 0 atom stereocenters. The van der Waals surface area contributed by atoms with E-state index in [4.69, 9.17) is 10.1 Å². The van der Waals surface area contributed by atoms with Crippen LogP contribution in [-0.2, 0) is 16.1 Å². The lowest BCUT2D eigenvalue weighted by Gasteiger charge is -2.33. The Morgan fingerprint density at radius 1 is 1.21 bits per heavy atom. The van der Waals surface area contributed by atoms with Crippen LogP contribution >= 0.6 is 0 Å². The molecule has 3 rings (SSSR count). The van der Waals surface area contributed by atoms with Crippen LogP contribution in [0.5, 0.6) is 0 Å². The Kier molecular flexibility index (Phi) is 6.34. The SMILES string of the molecule is CC(=N)CC(=O)OCc1ccnc(N2CCC(c3ccc(F)cc3)CC2)c1F. The summed E-state index contributed by atoms with van der Waals surface area (Å²) in [5.41, 5.74) is 1.56. The zero-order chi connectivity index (χ0) is 20.1. The third kappa shape index (κ3) is 4.91. The number of carbonyl (C=O) groups excluding carboxylic acids is 1. The van der Waals surface area contributed by atoms with Gasteiger partial charge in [0.05, 0.1) is 6.42 Å². The predicted octanol–water partition coefficient (Wildman–Crippen LogP) is 4.22. The largest absolute Gasteiger partial charge is 0.460 e. The van der Waals surface area contributed by atoms with Gasteiger partial charge < -0.3 is 15.0 Å². The second-order valence-corrected chi connectivity index (χ2v) is 7.04. The fourth-order valence-corrected chi connectivity index (χ4v) is 3.39. The highest BCUT2D eigenvalue weighted by Gasteiger charge is 2.24. The van der Waals surface area contributed by atoms with Crippen molar-refractivity contribution in [2.24, 2.45) is 0 Å². The first-order valence-corrected chi connectivity index (χ1v) is 9.27. The van der Waals surface area contributed by atoms with E-state index in [1.807, 2.05) is 4.90 Å². The molecular weight excluding hydrogens is 364 g/mol. The number of halogens is 2. The van der Waals surface area contributed by atoms with Gasteiger partial charge in [-0.15, -0.1) is 0 Å². The van der Waals surface area contributed by atoms with E-state index in [-0.39, 0.29) is 35.9 Å². The van der Waals surface area contributed by atoms with Gasteiger partial charge in [0.2, 0.25) is 0 Å². The molecule has 0 saturated carbocycles. The lowest BCUT2D eigenvalue weighted by Crippen LogP contribution is -2.34. The zero-order valence-electron chi connectivity index (χ0n) is 15.8. The van der Waals surface area contributed by atoms with Crippen LogP contribution in [0.15, 0.2) is 36.5 Å². The van der Waals surface area contributed by atoms with E-state index in [1.54, 1.807) is 12.1 Å². The normalized spacial score (nSPS) is 14.8. The van der Waals surface area contributed by atoms with Gasteiger partial charge in [-0.05, 0) is 49.4 Å². The Labute approximate surface area is 162 Å². The molecular formula is C21H23F2N3O2. The van der Waals surface area contributed by atoms with Gasteiger partial charge in [0.1, 0.15) is 12.4 Å². The highest BCUT2D eigenvalue weighted by Crippen LogP contribution is 2.31. The molecule has 0 amide bonds. The minimum Gasteiger partial charge on any atom is -0.460 e. The van der Waals surface area contributed by atoms with Gasteiger partial charge in [0, 0.05) is 30.6 Å². The molecule has 5 nitrogen and oxygen atoms in total. The summed E-state index contributed by atoms with van der Waals surface area (Å²) in [7, 11) is 0. The summed E-state index contributed by atoms with van der Waals surface area (Å²) >= 11 is 0. The lowest BCUT2D eigenvalue weighted by atomic mass is 9.89. The Morgan fingerprint density at radius 3 is 2.54 bits per heavy atom. The standard InChI is InChI=1S/C21H23F2N3O2/c1-14(24)12-19(27)28-13-17-6-9-25-21(20(17)23)26-10-7-16(8-11-26)15-2-4-18(22)5-3-15/h2-6,9,16,24H,7-8,10-13H2,1H3. The topological polar surface area (TPSA) is 66.3 Å². The van der Waals surface area contributed by atoms with E-state index >= 15 is 0 Å². The zero-order valence-corrected chi connectivity index (χ0v) is 15.8. The molecule has 0 spiro atoms. The molecule has 7 heteroatoms. The van der Waals surface area contributed by atoms with E-state index in [1.165, 1.54) is 31.3 Å². The number of piperidine rings is 1. The van der Waals surface area contributed by atoms with E-state index in [2.05, 4.69) is 4.98 Å². The number of nitrogens with zero attached hydrogens (tertiary/aromatic N) is 2. The van der Waals surface area contributed by atoms with E-state index in [0.717, 1.165) is 18.4 Å². The van der Waals surface area contributed by atoms with Crippen LogP contribution in [-0.4, -0.2) is 29.8 Å². The lowest BCUT2D eigenvalue weighted by molar-refractivity contribution is -0.143. The summed E-state index contributed by atoms with van der Waals surface area (Å²) in [6, 6.07) is 8.04. The first-order valence-electron chi connectivity index (χ1n) is 9.27. The van der Waals surface area contributed by atoms with Crippen molar-refractivity contribution >= 4 is 17.5 Å². The number of nitrogens with one attached hydrogen (secondary N) is 1. The number of hydrogen-bond donors (Lipinski definition) is 1. The molecule has 1 aliphatic heterocycles. The van der Waals surface area contributed by atoms with Gasteiger partial charge in [-0.3, -0.25) is 4.79 Å². The number of pyridine rings is 1. The van der Waals surface area contributed by atoms with Gasteiger partial charge in [-0.2, -0.15) is 0 Å². The highest BCUT2D eigenvalue weighted by molar-refractivity contribution is 5.95. The molecule has 28 heavy (non-hydrogen) atoms. The third-order valence-electron chi connectivity index (χ3n) is 4.88. The maximum absolute atomic E-state index is 14.9. The van der Waals surface area contributed by atoms with Crippen molar-refractivity contribution in [3.8, 4) is 0 Å². The third-order valence-corrected chi connectivity index (χ3v) is 4.88. The second kappa shape index (κ2) is 8.91. The number of carbonyl (C=O) groups is 1. The molecule has 1 aromatic heterocycles. The van der Waals surface area contributed by atoms with Gasteiger partial charge in [-0.25, -0.2) is 13.8 Å². The van der Waals surface area contributed by atoms with Gasteiger partial charge in [-0.1, -0.05) is 12.1 Å². The molecule has 0 radical (unpaired) electrons. The molecule has 1 saturated heterocycles. The van der Waals surface area contributed by atoms with Crippen molar-refractivity contribution in [3.63, 3.8) is 0 Å². The molecule has 0 bridgehead atoms. The molecule has 0 aliphatic carbocycles. The van der Waals surface area contributed by atoms with E-state index in [9.17, 15) is 13.6 Å². The molecule has 1 fully saturated rings. The maximum atomic E-state index is 14.9. The van der Waals surface area contributed by atoms with Crippen molar-refractivity contribution in [1.29, 1.82) is 5.41 Å². The minimum atomic E-state index is -0.551. The fraction of sp³-hybridized carbons (Fsp3) is 0.381. The van der Waals surface area contributed by atoms with Crippen LogP contribution < -0.4 is 4.90 Å². The Morgan fingerprint density at radius 2 is 1.89 bits per heavy atom. The Hall–Kier alpha value is -2.83. The predicted molar refractivity (Wildman–Crippen MR) is 103 cm³/mol. The summed E-state index contributed by atoms with van der Waals surface area (Å²) in [4.78, 5) is 17.6. The van der Waals surface area contributed by atoms with Crippen molar-refractivity contribution < 1.29 is 18.3 Å². The quantitative estimate of drug-likeness (QED) is 0.595. The number of hydrogen-bond acceptors (Lipinski definition) is 5. The van der Waals surface area contributed by atoms with Crippen LogP contribution in [0.1, 0.15) is 43.2 Å². The smallest absolute Gasteiger partial charge is 0.311 e. The summed E-state index contributed by atoms with van der Waals surface area (Å²) in [6.45, 7) is 2.62. The Bertz CT molecular complexity index is 847. The monoisotopic (exact) mass is 387 g/mol. The molecule has 2 aromatic rings. The minimum absolute atomic E-state index is 0.101. The summed E-state index contributed by atoms with van der Waals surface area (Å²) in [6.07, 6.45) is 3.06. The summed E-state index contributed by atoms with van der Waals surface area (Å²) < 4.78 is 33.0. The van der Waals surface area contributed by atoms with Crippen molar-refractivity contribution in [2.75, 3.05) is 18.0 Å². The van der Waals surface area contributed by atoms with Crippen molar-refractivity contribution in [2.45, 2.75) is 38.7 Å². The first-order chi connectivity index (χ1) is 13.4. The van der Waals surface area contributed by atoms with Crippen LogP contribution in [0.4, 0.5) is 14.6 Å². The maximum Gasteiger partial charge on any atom is 0.311 e. The highest BCUT2D eigenvalue weighted by atomic mass is 19.1. The number of rotatable bonds is 6. The van der Waals surface area contributed by atoms with Crippen molar-refractivity contribution in [1.82, 2.24) is 4.98 Å². The molecule has 1 aliphatic rings. The number of aromatic nitrogens is 1. The number of anilines is 1. The van der Waals surface area contributed by atoms with Crippen LogP contribution in [0.2, 0.25) is 0 Å². The van der Waals surface area contributed by atoms with Crippen molar-refractivity contribution in [3.05, 3.63) is 59.3 Å². The van der Waals surface area contributed by atoms with Crippen LogP contribution in [0.25, 0.3) is 0 Å². The van der Waals surface area contributed by atoms with Gasteiger partial charge in [0.15, 0.2) is 11.6 Å². The van der Waals surface area contributed by atoms with Crippen LogP contribution in [0, 0.1) is 17.0 Å². The molecule has 0 unspecified atom stereocenters. The van der Waals surface area contributed by atoms with Gasteiger partial charge >= 0.3 is 5.97 Å². The average Bonchev–Trinajstić information content (AvgIpc) is 2.67. The number of benzene rings is 1. The first kappa shape index (κ1) is 19.9. The summed E-state index contributed by atoms with van der Waals surface area (Å²) in [5.74, 6) is -0.712. The average molecular weight is 387 g/mol. The Balaban J connectivity index is 1.62. The number of ether oxygens (including phenoxy) is 1. The fourth-order valence-electron chi connectivity index (χ4n) is 3.39. The molecule has 2 heterocycles. The van der Waals surface area contributed by atoms with Gasteiger partial charge in [0.25, 0.3) is 0 Å². The second-order valence-electron chi connectivity index (χ2n) is 7.04. The summed E-state index contributed by atoms with van der Waals surface area (Å²) in [5, 5.41) is 7.30. The molecule has 148 valence electrons.